The summed E-state index contributed by atoms with van der Waals surface area (Å²) in [6.45, 7) is 1.53. The van der Waals surface area contributed by atoms with Crippen molar-refractivity contribution in [1.29, 1.82) is 0 Å². The number of carbonyl (C=O) groups excluding carboxylic acids is 1. The third-order valence-electron chi connectivity index (χ3n) is 2.66. The van der Waals surface area contributed by atoms with Crippen molar-refractivity contribution >= 4 is 35.2 Å². The van der Waals surface area contributed by atoms with Crippen LogP contribution in [-0.2, 0) is 11.2 Å². The van der Waals surface area contributed by atoms with E-state index >= 15 is 0 Å². The van der Waals surface area contributed by atoms with E-state index in [0.717, 1.165) is 30.6 Å². The Labute approximate surface area is 118 Å². The maximum absolute atomic E-state index is 10.5. The van der Waals surface area contributed by atoms with Crippen LogP contribution in [0.25, 0.3) is 0 Å². The molecule has 0 radical (unpaired) electrons. The van der Waals surface area contributed by atoms with Gasteiger partial charge in [-0.2, -0.15) is 0 Å². The Balaban J connectivity index is 2.70. The molecule has 2 N–H and O–H groups in total. The number of aldehydes is 1. The van der Waals surface area contributed by atoms with Gasteiger partial charge in [0.15, 0.2) is 0 Å². The molecule has 0 spiro atoms. The summed E-state index contributed by atoms with van der Waals surface area (Å²) < 4.78 is 0. The summed E-state index contributed by atoms with van der Waals surface area (Å²) in [5.74, 6) is 1.13. The molecule has 0 heterocycles. The minimum absolute atomic E-state index is 0.433. The molecule has 0 bridgehead atoms. The Hall–Kier alpha value is -0.770. The molecule has 0 aliphatic rings. The molecule has 0 amide bonds. The van der Waals surface area contributed by atoms with Gasteiger partial charge in [-0.05, 0) is 24.1 Å². The molecule has 1 rings (SSSR count). The molecule has 0 aromatic heterocycles. The zero-order chi connectivity index (χ0) is 13.4. The van der Waals surface area contributed by atoms with E-state index in [0.29, 0.717) is 18.2 Å². The van der Waals surface area contributed by atoms with Gasteiger partial charge in [0, 0.05) is 30.5 Å². The van der Waals surface area contributed by atoms with Crippen molar-refractivity contribution in [1.82, 2.24) is 0 Å². The van der Waals surface area contributed by atoms with Crippen LogP contribution in [0.2, 0.25) is 0 Å². The zero-order valence-corrected chi connectivity index (χ0v) is 11.7. The minimum atomic E-state index is -0.433. The number of nitrogens with two attached hydrogens (primary N) is 1. The lowest BCUT2D eigenvalue weighted by Gasteiger charge is -2.23. The maximum Gasteiger partial charge on any atom is 0.137 e. The van der Waals surface area contributed by atoms with E-state index in [4.69, 9.17) is 28.9 Å². The molecule has 0 aliphatic carbocycles. The van der Waals surface area contributed by atoms with Crippen LogP contribution in [0.1, 0.15) is 5.56 Å². The van der Waals surface area contributed by atoms with E-state index in [1.165, 1.54) is 0 Å². The lowest BCUT2D eigenvalue weighted by Crippen LogP contribution is -2.27. The second-order valence-electron chi connectivity index (χ2n) is 4.04. The standard InChI is InChI=1S/C13H18Cl2N2O/c14-5-7-17(8-6-15)13-3-1-11(2-4-13)9-12(16)10-18/h1-4,10,12H,5-9,16H2. The van der Waals surface area contributed by atoms with Crippen LogP contribution in [0.4, 0.5) is 5.69 Å². The fourth-order valence-electron chi connectivity index (χ4n) is 1.74. The highest BCUT2D eigenvalue weighted by Crippen LogP contribution is 2.16. The van der Waals surface area contributed by atoms with Crippen molar-refractivity contribution in [2.45, 2.75) is 12.5 Å². The number of anilines is 1. The molecule has 18 heavy (non-hydrogen) atoms. The Morgan fingerprint density at radius 2 is 1.72 bits per heavy atom. The summed E-state index contributed by atoms with van der Waals surface area (Å²) in [5, 5.41) is 0. The molecule has 0 fully saturated rings. The Morgan fingerprint density at radius 3 is 2.17 bits per heavy atom. The zero-order valence-electron chi connectivity index (χ0n) is 10.2. The number of rotatable bonds is 8. The van der Waals surface area contributed by atoms with Crippen LogP contribution >= 0.6 is 23.2 Å². The number of halogens is 2. The highest BCUT2D eigenvalue weighted by atomic mass is 35.5. The van der Waals surface area contributed by atoms with E-state index in [1.54, 1.807) is 0 Å². The number of nitrogens with zero attached hydrogens (tertiary/aromatic N) is 1. The minimum Gasteiger partial charge on any atom is -0.369 e. The first-order chi connectivity index (χ1) is 8.71. The fourth-order valence-corrected chi connectivity index (χ4v) is 2.15. The van der Waals surface area contributed by atoms with E-state index in [1.807, 2.05) is 24.3 Å². The van der Waals surface area contributed by atoms with Crippen LogP contribution < -0.4 is 10.6 Å². The molecule has 3 nitrogen and oxygen atoms in total. The predicted octanol–water partition coefficient (Wildman–Crippen LogP) is 2.04. The Kier molecular flexibility index (Phi) is 7.09. The first-order valence-electron chi connectivity index (χ1n) is 5.88. The molecular formula is C13H18Cl2N2O. The van der Waals surface area contributed by atoms with Crippen molar-refractivity contribution in [3.8, 4) is 0 Å². The van der Waals surface area contributed by atoms with E-state index in [2.05, 4.69) is 4.90 Å². The normalized spacial score (nSPS) is 12.2. The SMILES string of the molecule is NC(C=O)Cc1ccc(N(CCCl)CCCl)cc1. The van der Waals surface area contributed by atoms with Gasteiger partial charge in [-0.25, -0.2) is 0 Å². The number of hydrogen-bond donors (Lipinski definition) is 1. The van der Waals surface area contributed by atoms with Gasteiger partial charge < -0.3 is 15.4 Å². The number of carbonyl (C=O) groups is 1. The first kappa shape index (κ1) is 15.3. The summed E-state index contributed by atoms with van der Waals surface area (Å²) >= 11 is 11.5. The quantitative estimate of drug-likeness (QED) is 0.588. The maximum atomic E-state index is 10.5. The fraction of sp³-hybridized carbons (Fsp3) is 0.462. The van der Waals surface area contributed by atoms with Crippen LogP contribution in [-0.4, -0.2) is 37.2 Å². The number of benzene rings is 1. The molecule has 1 aromatic rings. The Bertz CT molecular complexity index is 351. The monoisotopic (exact) mass is 288 g/mol. The second kappa shape index (κ2) is 8.35. The van der Waals surface area contributed by atoms with Gasteiger partial charge in [0.2, 0.25) is 0 Å². The van der Waals surface area contributed by atoms with Crippen LogP contribution in [0.15, 0.2) is 24.3 Å². The summed E-state index contributed by atoms with van der Waals surface area (Å²) in [6, 6.07) is 7.54. The summed E-state index contributed by atoms with van der Waals surface area (Å²) in [4.78, 5) is 12.6. The molecule has 0 saturated heterocycles. The average molecular weight is 289 g/mol. The predicted molar refractivity (Wildman–Crippen MR) is 77.8 cm³/mol. The summed E-state index contributed by atoms with van der Waals surface area (Å²) in [6.07, 6.45) is 1.33. The molecule has 0 aliphatic heterocycles. The lowest BCUT2D eigenvalue weighted by molar-refractivity contribution is -0.108. The molecule has 1 unspecified atom stereocenters. The van der Waals surface area contributed by atoms with Crippen molar-refractivity contribution in [3.05, 3.63) is 29.8 Å². The van der Waals surface area contributed by atoms with Gasteiger partial charge in [0.25, 0.3) is 0 Å². The topological polar surface area (TPSA) is 46.3 Å². The number of hydrogen-bond acceptors (Lipinski definition) is 3. The molecular weight excluding hydrogens is 271 g/mol. The Morgan fingerprint density at radius 1 is 1.17 bits per heavy atom. The van der Waals surface area contributed by atoms with Gasteiger partial charge >= 0.3 is 0 Å². The van der Waals surface area contributed by atoms with E-state index in [-0.39, 0.29) is 0 Å². The smallest absolute Gasteiger partial charge is 0.137 e. The largest absolute Gasteiger partial charge is 0.369 e. The third-order valence-corrected chi connectivity index (χ3v) is 2.99. The van der Waals surface area contributed by atoms with Crippen molar-refractivity contribution in [2.75, 3.05) is 29.7 Å². The van der Waals surface area contributed by atoms with Gasteiger partial charge in [-0.3, -0.25) is 0 Å². The summed E-state index contributed by atoms with van der Waals surface area (Å²) in [7, 11) is 0. The van der Waals surface area contributed by atoms with Crippen molar-refractivity contribution in [3.63, 3.8) is 0 Å². The highest BCUT2D eigenvalue weighted by molar-refractivity contribution is 6.18. The van der Waals surface area contributed by atoms with E-state index < -0.39 is 6.04 Å². The molecule has 1 aromatic carbocycles. The highest BCUT2D eigenvalue weighted by Gasteiger charge is 2.06. The van der Waals surface area contributed by atoms with Crippen LogP contribution in [0.5, 0.6) is 0 Å². The van der Waals surface area contributed by atoms with Crippen LogP contribution in [0.3, 0.4) is 0 Å². The second-order valence-corrected chi connectivity index (χ2v) is 4.79. The van der Waals surface area contributed by atoms with Crippen LogP contribution in [0, 0.1) is 0 Å². The van der Waals surface area contributed by atoms with Crippen molar-refractivity contribution in [2.24, 2.45) is 5.73 Å². The average Bonchev–Trinajstić information content (AvgIpc) is 2.39. The number of alkyl halides is 2. The van der Waals surface area contributed by atoms with Gasteiger partial charge in [-0.1, -0.05) is 12.1 Å². The van der Waals surface area contributed by atoms with Crippen molar-refractivity contribution < 1.29 is 4.79 Å². The third kappa shape index (κ3) is 4.84. The lowest BCUT2D eigenvalue weighted by atomic mass is 10.1. The van der Waals surface area contributed by atoms with Gasteiger partial charge in [0.1, 0.15) is 6.29 Å². The molecule has 100 valence electrons. The molecule has 1 atom stereocenters. The van der Waals surface area contributed by atoms with E-state index in [9.17, 15) is 4.79 Å². The van der Waals surface area contributed by atoms with Gasteiger partial charge in [0.05, 0.1) is 6.04 Å². The summed E-state index contributed by atoms with van der Waals surface area (Å²) in [5.41, 5.74) is 7.72. The first-order valence-corrected chi connectivity index (χ1v) is 6.95. The molecule has 5 heteroatoms. The van der Waals surface area contributed by atoms with Gasteiger partial charge in [-0.15, -0.1) is 23.2 Å². The molecule has 0 saturated carbocycles.